The van der Waals surface area contributed by atoms with Gasteiger partial charge in [0.25, 0.3) is 0 Å². The highest BCUT2D eigenvalue weighted by atomic mass is 32.1. The van der Waals surface area contributed by atoms with E-state index in [4.69, 9.17) is 0 Å². The van der Waals surface area contributed by atoms with Crippen molar-refractivity contribution in [2.45, 2.75) is 0 Å². The fourth-order valence-corrected chi connectivity index (χ4v) is 6.48. The summed E-state index contributed by atoms with van der Waals surface area (Å²) in [6.07, 6.45) is 2.31. The van der Waals surface area contributed by atoms with Gasteiger partial charge in [-0.05, 0) is 76.9 Å². The molecule has 1 nitrogen and oxygen atoms in total. The Bertz CT molecular complexity index is 1880. The van der Waals surface area contributed by atoms with E-state index in [0.29, 0.717) is 0 Å². The molecule has 190 valence electrons. The topological polar surface area (TPSA) is 3.24 Å². The summed E-state index contributed by atoms with van der Waals surface area (Å²) < 4.78 is 2.65. The van der Waals surface area contributed by atoms with Crippen molar-refractivity contribution in [3.05, 3.63) is 174 Å². The zero-order valence-corrected chi connectivity index (χ0v) is 22.8. The molecule has 40 heavy (non-hydrogen) atoms. The highest BCUT2D eigenvalue weighted by Gasteiger charge is 2.13. The van der Waals surface area contributed by atoms with E-state index in [2.05, 4.69) is 169 Å². The van der Waals surface area contributed by atoms with Gasteiger partial charge in [0.15, 0.2) is 0 Å². The minimum atomic E-state index is 1.13. The van der Waals surface area contributed by atoms with Crippen molar-refractivity contribution >= 4 is 60.2 Å². The van der Waals surface area contributed by atoms with Gasteiger partial charge in [-0.3, -0.25) is 0 Å². The van der Waals surface area contributed by atoms with Crippen LogP contribution >= 0.6 is 11.3 Å². The lowest BCUT2D eigenvalue weighted by Gasteiger charge is -2.25. The van der Waals surface area contributed by atoms with Crippen molar-refractivity contribution in [3.63, 3.8) is 0 Å². The van der Waals surface area contributed by atoms with Crippen LogP contribution in [-0.2, 0) is 0 Å². The predicted molar refractivity (Wildman–Crippen MR) is 174 cm³/mol. The minimum absolute atomic E-state index is 1.13. The van der Waals surface area contributed by atoms with Crippen molar-refractivity contribution in [1.82, 2.24) is 0 Å². The van der Waals surface area contributed by atoms with Gasteiger partial charge in [0.05, 0.1) is 0 Å². The molecule has 2 heteroatoms. The Morgan fingerprint density at radius 1 is 0.450 bits per heavy atom. The fourth-order valence-electron chi connectivity index (χ4n) is 5.33. The molecule has 6 aromatic carbocycles. The molecule has 0 saturated carbocycles. The number of thiophene rings is 1. The first kappa shape index (κ1) is 24.1. The van der Waals surface area contributed by atoms with E-state index in [9.17, 15) is 0 Å². The summed E-state index contributed by atoms with van der Waals surface area (Å²) in [7, 11) is 0. The van der Waals surface area contributed by atoms with Crippen molar-refractivity contribution in [3.8, 4) is 0 Å². The van der Waals surface area contributed by atoms with E-state index in [-0.39, 0.29) is 0 Å². The zero-order valence-electron chi connectivity index (χ0n) is 21.9. The maximum absolute atomic E-state index is 2.35. The van der Waals surface area contributed by atoms with E-state index in [1.165, 1.54) is 42.4 Å². The van der Waals surface area contributed by atoms with Gasteiger partial charge in [-0.25, -0.2) is 0 Å². The maximum atomic E-state index is 2.35. The van der Waals surface area contributed by atoms with Gasteiger partial charge >= 0.3 is 0 Å². The van der Waals surface area contributed by atoms with E-state index in [0.717, 1.165) is 17.1 Å². The Labute approximate surface area is 238 Å². The molecule has 7 aromatic rings. The number of anilines is 3. The predicted octanol–water partition coefficient (Wildman–Crippen LogP) is 11.1. The Morgan fingerprint density at radius 2 is 1.00 bits per heavy atom. The Balaban J connectivity index is 1.31. The van der Waals surface area contributed by atoms with E-state index >= 15 is 0 Å². The van der Waals surface area contributed by atoms with Crippen LogP contribution in [0.25, 0.3) is 31.8 Å². The molecule has 0 bridgehead atoms. The van der Waals surface area contributed by atoms with Gasteiger partial charge < -0.3 is 4.90 Å². The highest BCUT2D eigenvalue weighted by Crippen LogP contribution is 2.38. The monoisotopic (exact) mass is 529 g/mol. The van der Waals surface area contributed by atoms with Crippen molar-refractivity contribution in [2.75, 3.05) is 4.90 Å². The van der Waals surface area contributed by atoms with Crippen LogP contribution in [0.5, 0.6) is 0 Å². The molecular formula is C38H27NS. The van der Waals surface area contributed by atoms with E-state index in [1.807, 2.05) is 11.3 Å². The second-order valence-corrected chi connectivity index (χ2v) is 10.9. The molecule has 0 N–H and O–H groups in total. The van der Waals surface area contributed by atoms with Gasteiger partial charge in [-0.15, -0.1) is 11.3 Å². The van der Waals surface area contributed by atoms with E-state index < -0.39 is 0 Å². The van der Waals surface area contributed by atoms with E-state index in [1.54, 1.807) is 0 Å². The number of para-hydroxylation sites is 2. The van der Waals surface area contributed by atoms with Crippen LogP contribution in [0.3, 0.4) is 0 Å². The van der Waals surface area contributed by atoms with Crippen LogP contribution in [0.2, 0.25) is 0 Å². The second kappa shape index (κ2) is 10.7. The maximum Gasteiger partial charge on any atom is 0.0462 e. The minimum Gasteiger partial charge on any atom is -0.311 e. The SMILES string of the molecule is C(=C(c1ccccc1)c1ccc2c(c1)sc1ccccc12)c1ccc(N(c2ccccc2)c2ccccc2)cc1. The van der Waals surface area contributed by atoms with Crippen LogP contribution in [0, 0.1) is 0 Å². The zero-order chi connectivity index (χ0) is 26.7. The summed E-state index contributed by atoms with van der Waals surface area (Å²) in [6, 6.07) is 56.2. The third-order valence-electron chi connectivity index (χ3n) is 7.27. The van der Waals surface area contributed by atoms with Crippen LogP contribution in [0.4, 0.5) is 17.1 Å². The van der Waals surface area contributed by atoms with Gasteiger partial charge in [0.2, 0.25) is 0 Å². The first-order valence-electron chi connectivity index (χ1n) is 13.5. The second-order valence-electron chi connectivity index (χ2n) is 9.83. The normalized spacial score (nSPS) is 11.7. The summed E-state index contributed by atoms with van der Waals surface area (Å²) in [5.41, 5.74) is 8.22. The van der Waals surface area contributed by atoms with Gasteiger partial charge in [0.1, 0.15) is 0 Å². The number of nitrogens with zero attached hydrogens (tertiary/aromatic N) is 1. The standard InChI is InChI=1S/C38H27NS/c1-4-12-29(13-5-1)36(30-22-25-35-34-18-10-11-19-37(34)40-38(35)27-30)26-28-20-23-33(24-21-28)39(31-14-6-2-7-15-31)32-16-8-3-9-17-32/h1-27H. The summed E-state index contributed by atoms with van der Waals surface area (Å²) in [5.74, 6) is 0. The quantitative estimate of drug-likeness (QED) is 0.194. The average molecular weight is 530 g/mol. The average Bonchev–Trinajstić information content (AvgIpc) is 3.40. The first-order chi connectivity index (χ1) is 19.8. The summed E-state index contributed by atoms with van der Waals surface area (Å²) in [5, 5.41) is 2.65. The van der Waals surface area contributed by atoms with Crippen molar-refractivity contribution < 1.29 is 0 Å². The molecule has 0 atom stereocenters. The molecular weight excluding hydrogens is 502 g/mol. The van der Waals surface area contributed by atoms with Crippen LogP contribution < -0.4 is 4.90 Å². The fraction of sp³-hybridized carbons (Fsp3) is 0. The molecule has 0 aliphatic carbocycles. The highest BCUT2D eigenvalue weighted by molar-refractivity contribution is 7.25. The third kappa shape index (κ3) is 4.70. The smallest absolute Gasteiger partial charge is 0.0462 e. The molecule has 0 aliphatic heterocycles. The number of benzene rings is 6. The Hall–Kier alpha value is -4.92. The molecule has 0 amide bonds. The van der Waals surface area contributed by atoms with Gasteiger partial charge in [-0.1, -0.05) is 109 Å². The molecule has 1 aromatic heterocycles. The summed E-state index contributed by atoms with van der Waals surface area (Å²) >= 11 is 1.86. The number of hydrogen-bond donors (Lipinski definition) is 0. The molecule has 0 radical (unpaired) electrons. The molecule has 0 unspecified atom stereocenters. The molecule has 0 saturated heterocycles. The number of rotatable bonds is 6. The third-order valence-corrected chi connectivity index (χ3v) is 8.40. The van der Waals surface area contributed by atoms with Crippen molar-refractivity contribution in [1.29, 1.82) is 0 Å². The molecule has 0 aliphatic rings. The number of hydrogen-bond acceptors (Lipinski definition) is 2. The molecule has 7 rings (SSSR count). The Kier molecular flexibility index (Phi) is 6.45. The molecule has 1 heterocycles. The van der Waals surface area contributed by atoms with Crippen molar-refractivity contribution in [2.24, 2.45) is 0 Å². The summed E-state index contributed by atoms with van der Waals surface area (Å²) in [6.45, 7) is 0. The van der Waals surface area contributed by atoms with Gasteiger partial charge in [-0.2, -0.15) is 0 Å². The molecule has 0 fully saturated rings. The van der Waals surface area contributed by atoms with Crippen LogP contribution in [-0.4, -0.2) is 0 Å². The molecule has 0 spiro atoms. The lowest BCUT2D eigenvalue weighted by Crippen LogP contribution is -2.09. The van der Waals surface area contributed by atoms with Crippen LogP contribution in [0.1, 0.15) is 16.7 Å². The number of fused-ring (bicyclic) bond motifs is 3. The lowest BCUT2D eigenvalue weighted by atomic mass is 9.95. The Morgan fingerprint density at radius 3 is 1.68 bits per heavy atom. The first-order valence-corrected chi connectivity index (χ1v) is 14.3. The largest absolute Gasteiger partial charge is 0.311 e. The van der Waals surface area contributed by atoms with Gasteiger partial charge in [0, 0.05) is 37.2 Å². The van der Waals surface area contributed by atoms with Crippen LogP contribution in [0.15, 0.2) is 158 Å². The summed E-state index contributed by atoms with van der Waals surface area (Å²) in [4.78, 5) is 2.29. The lowest BCUT2D eigenvalue weighted by molar-refractivity contribution is 1.28.